The molecule has 2 nitrogen and oxygen atoms in total. The molecule has 0 aliphatic carbocycles. The average Bonchev–Trinajstić information content (AvgIpc) is 2.28. The van der Waals surface area contributed by atoms with Crippen molar-refractivity contribution in [2.75, 3.05) is 6.61 Å². The molecule has 0 saturated carbocycles. The van der Waals surface area contributed by atoms with Crippen molar-refractivity contribution in [1.82, 2.24) is 0 Å². The molecule has 0 saturated heterocycles. The molecule has 0 radical (unpaired) electrons. The van der Waals surface area contributed by atoms with Gasteiger partial charge >= 0.3 is 0 Å². The zero-order valence-corrected chi connectivity index (χ0v) is 9.57. The van der Waals surface area contributed by atoms with E-state index in [1.54, 1.807) is 12.1 Å². The van der Waals surface area contributed by atoms with Crippen LogP contribution >= 0.6 is 0 Å². The Labute approximate surface area is 95.2 Å². The number of benzene rings is 2. The van der Waals surface area contributed by atoms with Crippen LogP contribution in [0.15, 0.2) is 36.4 Å². The Balaban J connectivity index is 2.74. The summed E-state index contributed by atoms with van der Waals surface area (Å²) in [4.78, 5) is 0. The largest absolute Gasteiger partial charge is 0.508 e. The summed E-state index contributed by atoms with van der Waals surface area (Å²) in [5.74, 6) is 0.258. The van der Waals surface area contributed by atoms with Gasteiger partial charge in [0.05, 0.1) is 6.61 Å². The van der Waals surface area contributed by atoms with E-state index in [9.17, 15) is 10.2 Å². The SMILES string of the molecule is CC(C)(CO)c1cccc2ccc(O)cc12. The molecule has 0 aliphatic rings. The third-order valence-corrected chi connectivity index (χ3v) is 2.99. The minimum atomic E-state index is -0.298. The highest BCUT2D eigenvalue weighted by Crippen LogP contribution is 2.31. The summed E-state index contributed by atoms with van der Waals surface area (Å²) in [5.41, 5.74) is 0.760. The van der Waals surface area contributed by atoms with E-state index in [0.717, 1.165) is 16.3 Å². The van der Waals surface area contributed by atoms with Crippen LogP contribution in [-0.2, 0) is 5.41 Å². The summed E-state index contributed by atoms with van der Waals surface area (Å²) in [5, 5.41) is 21.0. The van der Waals surface area contributed by atoms with Crippen molar-refractivity contribution in [3.8, 4) is 5.75 Å². The Morgan fingerprint density at radius 1 is 1.12 bits per heavy atom. The van der Waals surface area contributed by atoms with E-state index < -0.39 is 0 Å². The highest BCUT2D eigenvalue weighted by atomic mass is 16.3. The Morgan fingerprint density at radius 2 is 1.88 bits per heavy atom. The lowest BCUT2D eigenvalue weighted by atomic mass is 9.82. The molecule has 2 aromatic carbocycles. The van der Waals surface area contributed by atoms with Gasteiger partial charge < -0.3 is 10.2 Å². The fraction of sp³-hybridized carbons (Fsp3) is 0.286. The number of hydrogen-bond donors (Lipinski definition) is 2. The second kappa shape index (κ2) is 3.80. The molecule has 0 aliphatic heterocycles. The molecule has 0 spiro atoms. The van der Waals surface area contributed by atoms with Crippen molar-refractivity contribution in [2.24, 2.45) is 0 Å². The average molecular weight is 216 g/mol. The van der Waals surface area contributed by atoms with Crippen molar-refractivity contribution in [2.45, 2.75) is 19.3 Å². The van der Waals surface area contributed by atoms with Gasteiger partial charge in [0.2, 0.25) is 0 Å². The molecular formula is C14H16O2. The molecule has 2 N–H and O–H groups in total. The van der Waals surface area contributed by atoms with Crippen LogP contribution < -0.4 is 0 Å². The van der Waals surface area contributed by atoms with Gasteiger partial charge in [-0.25, -0.2) is 0 Å². The van der Waals surface area contributed by atoms with Crippen molar-refractivity contribution in [1.29, 1.82) is 0 Å². The third-order valence-electron chi connectivity index (χ3n) is 2.99. The smallest absolute Gasteiger partial charge is 0.116 e. The summed E-state index contributed by atoms with van der Waals surface area (Å²) < 4.78 is 0. The quantitative estimate of drug-likeness (QED) is 0.810. The van der Waals surface area contributed by atoms with E-state index in [-0.39, 0.29) is 17.8 Å². The Kier molecular flexibility index (Phi) is 2.60. The standard InChI is InChI=1S/C14H16O2/c1-14(2,9-15)13-5-3-4-10-6-7-11(16)8-12(10)13/h3-8,15-16H,9H2,1-2H3. The Morgan fingerprint density at radius 3 is 2.56 bits per heavy atom. The van der Waals surface area contributed by atoms with Crippen molar-refractivity contribution >= 4 is 10.8 Å². The molecule has 0 amide bonds. The van der Waals surface area contributed by atoms with Gasteiger partial charge in [-0.3, -0.25) is 0 Å². The predicted octanol–water partition coefficient (Wildman–Crippen LogP) is 2.82. The number of aromatic hydroxyl groups is 1. The fourth-order valence-corrected chi connectivity index (χ4v) is 1.94. The van der Waals surface area contributed by atoms with E-state index >= 15 is 0 Å². The van der Waals surface area contributed by atoms with E-state index in [1.165, 1.54) is 0 Å². The van der Waals surface area contributed by atoms with Crippen LogP contribution in [0.4, 0.5) is 0 Å². The summed E-state index contributed by atoms with van der Waals surface area (Å²) in [7, 11) is 0. The minimum absolute atomic E-state index is 0.0851. The summed E-state index contributed by atoms with van der Waals surface area (Å²) in [6, 6.07) is 11.3. The van der Waals surface area contributed by atoms with Gasteiger partial charge in [0.15, 0.2) is 0 Å². The number of rotatable bonds is 2. The third kappa shape index (κ3) is 1.76. The van der Waals surface area contributed by atoms with E-state index in [2.05, 4.69) is 0 Å². The number of phenolic OH excluding ortho intramolecular Hbond substituents is 1. The van der Waals surface area contributed by atoms with Crippen LogP contribution in [0.1, 0.15) is 19.4 Å². The first-order valence-corrected chi connectivity index (χ1v) is 5.38. The molecule has 16 heavy (non-hydrogen) atoms. The molecule has 0 fully saturated rings. The van der Waals surface area contributed by atoms with Gasteiger partial charge in [-0.2, -0.15) is 0 Å². The summed E-state index contributed by atoms with van der Waals surface area (Å²) in [6.45, 7) is 4.07. The van der Waals surface area contributed by atoms with Crippen LogP contribution in [0.25, 0.3) is 10.8 Å². The molecule has 0 heterocycles. The second-order valence-electron chi connectivity index (χ2n) is 4.75. The highest BCUT2D eigenvalue weighted by molar-refractivity contribution is 5.87. The first kappa shape index (κ1) is 11.0. The Bertz CT molecular complexity index is 515. The van der Waals surface area contributed by atoms with Gasteiger partial charge in [-0.1, -0.05) is 38.1 Å². The van der Waals surface area contributed by atoms with Crippen molar-refractivity contribution in [3.05, 3.63) is 42.0 Å². The number of hydrogen-bond acceptors (Lipinski definition) is 2. The number of phenols is 1. The van der Waals surface area contributed by atoms with E-state index in [1.807, 2.05) is 38.1 Å². The topological polar surface area (TPSA) is 40.5 Å². The molecule has 0 aromatic heterocycles. The maximum atomic E-state index is 9.53. The van der Waals surface area contributed by atoms with E-state index in [4.69, 9.17) is 0 Å². The maximum Gasteiger partial charge on any atom is 0.116 e. The van der Waals surface area contributed by atoms with Crippen LogP contribution in [-0.4, -0.2) is 16.8 Å². The molecule has 84 valence electrons. The van der Waals surface area contributed by atoms with Crippen molar-refractivity contribution < 1.29 is 10.2 Å². The molecule has 2 rings (SSSR count). The Hall–Kier alpha value is -1.54. The lowest BCUT2D eigenvalue weighted by Crippen LogP contribution is -2.22. The molecule has 2 aromatic rings. The molecular weight excluding hydrogens is 200 g/mol. The monoisotopic (exact) mass is 216 g/mol. The van der Waals surface area contributed by atoms with E-state index in [0.29, 0.717) is 0 Å². The minimum Gasteiger partial charge on any atom is -0.508 e. The lowest BCUT2D eigenvalue weighted by molar-refractivity contribution is 0.219. The molecule has 2 heteroatoms. The number of aliphatic hydroxyl groups is 1. The lowest BCUT2D eigenvalue weighted by Gasteiger charge is -2.24. The number of fused-ring (bicyclic) bond motifs is 1. The van der Waals surface area contributed by atoms with Gasteiger partial charge in [-0.05, 0) is 28.5 Å². The molecule has 0 atom stereocenters. The molecule has 0 bridgehead atoms. The first-order chi connectivity index (χ1) is 7.54. The van der Waals surface area contributed by atoms with Gasteiger partial charge in [0, 0.05) is 5.41 Å². The van der Waals surface area contributed by atoms with Crippen molar-refractivity contribution in [3.63, 3.8) is 0 Å². The number of aliphatic hydroxyl groups excluding tert-OH is 1. The second-order valence-corrected chi connectivity index (χ2v) is 4.75. The summed E-state index contributed by atoms with van der Waals surface area (Å²) >= 11 is 0. The van der Waals surface area contributed by atoms with Crippen LogP contribution in [0.2, 0.25) is 0 Å². The van der Waals surface area contributed by atoms with Crippen LogP contribution in [0.5, 0.6) is 5.75 Å². The van der Waals surface area contributed by atoms with Gasteiger partial charge in [0.25, 0.3) is 0 Å². The maximum absolute atomic E-state index is 9.53. The van der Waals surface area contributed by atoms with Crippen LogP contribution in [0.3, 0.4) is 0 Å². The normalized spacial score (nSPS) is 11.9. The predicted molar refractivity (Wildman–Crippen MR) is 65.7 cm³/mol. The van der Waals surface area contributed by atoms with Crippen LogP contribution in [0, 0.1) is 0 Å². The zero-order valence-electron chi connectivity index (χ0n) is 9.57. The van der Waals surface area contributed by atoms with Gasteiger partial charge in [-0.15, -0.1) is 0 Å². The molecule has 0 unspecified atom stereocenters. The highest BCUT2D eigenvalue weighted by Gasteiger charge is 2.21. The zero-order chi connectivity index (χ0) is 11.8. The fourth-order valence-electron chi connectivity index (χ4n) is 1.94. The van der Waals surface area contributed by atoms with Gasteiger partial charge in [0.1, 0.15) is 5.75 Å². The summed E-state index contributed by atoms with van der Waals surface area (Å²) in [6.07, 6.45) is 0. The first-order valence-electron chi connectivity index (χ1n) is 5.38.